The molecule has 8 heteroatoms. The molecule has 8 nitrogen and oxygen atoms in total. The summed E-state index contributed by atoms with van der Waals surface area (Å²) in [5.74, 6) is 1.60. The molecule has 2 aromatic rings. The van der Waals surface area contributed by atoms with Crippen molar-refractivity contribution in [1.29, 1.82) is 0 Å². The lowest BCUT2D eigenvalue weighted by molar-refractivity contribution is -0.132. The third kappa shape index (κ3) is 3.81. The summed E-state index contributed by atoms with van der Waals surface area (Å²) in [5.41, 5.74) is 7.94. The number of hydrogen-bond acceptors (Lipinski definition) is 7. The average Bonchev–Trinajstić information content (AvgIpc) is 3.46. The molecule has 1 amide bonds. The van der Waals surface area contributed by atoms with Crippen LogP contribution in [0, 0.1) is 0 Å². The number of rotatable bonds is 6. The summed E-state index contributed by atoms with van der Waals surface area (Å²) in [6.07, 6.45) is 6.65. The Balaban J connectivity index is 1.41. The van der Waals surface area contributed by atoms with Crippen LogP contribution in [-0.4, -0.2) is 53.2 Å². The van der Waals surface area contributed by atoms with Crippen molar-refractivity contribution in [2.75, 3.05) is 20.2 Å². The van der Waals surface area contributed by atoms with Gasteiger partial charge in [-0.15, -0.1) is 0 Å². The van der Waals surface area contributed by atoms with E-state index in [1.807, 2.05) is 17.3 Å². The monoisotopic (exact) mass is 371 g/mol. The fourth-order valence-electron chi connectivity index (χ4n) is 4.17. The van der Waals surface area contributed by atoms with Gasteiger partial charge in [0.1, 0.15) is 5.76 Å². The van der Waals surface area contributed by atoms with Crippen LogP contribution in [0.5, 0.6) is 5.88 Å². The number of nitrogens with zero attached hydrogens (tertiary/aromatic N) is 3. The first-order valence-electron chi connectivity index (χ1n) is 9.43. The standard InChI is InChI=1S/C19H25N5O3/c1-26-17-11-14(27-23-17)4-5-18(25)24-10-2-3-16(24)19-15(12-21-22-19)13-6-8-20-9-7-13/h6-9,11,15-16,19,21-22H,2-5,10,12H2,1H3. The van der Waals surface area contributed by atoms with Gasteiger partial charge >= 0.3 is 0 Å². The van der Waals surface area contributed by atoms with E-state index in [0.717, 1.165) is 25.9 Å². The van der Waals surface area contributed by atoms with Gasteiger partial charge in [0.25, 0.3) is 5.88 Å². The van der Waals surface area contributed by atoms with Gasteiger partial charge in [-0.2, -0.15) is 0 Å². The Kier molecular flexibility index (Phi) is 5.35. The Morgan fingerprint density at radius 1 is 1.41 bits per heavy atom. The number of carbonyl (C=O) groups excluding carboxylic acids is 1. The Labute approximate surface area is 158 Å². The quantitative estimate of drug-likeness (QED) is 0.790. The summed E-state index contributed by atoms with van der Waals surface area (Å²) in [6, 6.07) is 6.24. The van der Waals surface area contributed by atoms with Crippen molar-refractivity contribution >= 4 is 5.91 Å². The topological polar surface area (TPSA) is 92.5 Å². The molecule has 144 valence electrons. The minimum Gasteiger partial charge on any atom is -0.479 e. The number of ether oxygens (including phenoxy) is 1. The predicted octanol–water partition coefficient (Wildman–Crippen LogP) is 1.26. The van der Waals surface area contributed by atoms with Gasteiger partial charge < -0.3 is 14.2 Å². The second-order valence-corrected chi connectivity index (χ2v) is 7.07. The zero-order chi connectivity index (χ0) is 18.6. The van der Waals surface area contributed by atoms with Crippen molar-refractivity contribution in [2.45, 2.75) is 43.7 Å². The summed E-state index contributed by atoms with van der Waals surface area (Å²) < 4.78 is 10.2. The molecule has 3 atom stereocenters. The van der Waals surface area contributed by atoms with Crippen molar-refractivity contribution in [3.05, 3.63) is 41.9 Å². The SMILES string of the molecule is COc1cc(CCC(=O)N2CCCC2C2NNCC2c2ccncc2)on1. The van der Waals surface area contributed by atoms with Crippen LogP contribution in [0.1, 0.15) is 36.5 Å². The van der Waals surface area contributed by atoms with Gasteiger partial charge in [0.2, 0.25) is 5.91 Å². The minimum absolute atomic E-state index is 0.162. The van der Waals surface area contributed by atoms with E-state index in [4.69, 9.17) is 9.26 Å². The Hall–Kier alpha value is -2.45. The van der Waals surface area contributed by atoms with Crippen LogP contribution < -0.4 is 15.6 Å². The van der Waals surface area contributed by atoms with Gasteiger partial charge in [0, 0.05) is 62.4 Å². The van der Waals surface area contributed by atoms with Gasteiger partial charge in [-0.1, -0.05) is 0 Å². The van der Waals surface area contributed by atoms with E-state index in [1.165, 1.54) is 5.56 Å². The molecule has 0 aliphatic carbocycles. The summed E-state index contributed by atoms with van der Waals surface area (Å²) in [4.78, 5) is 19.0. The molecule has 27 heavy (non-hydrogen) atoms. The zero-order valence-corrected chi connectivity index (χ0v) is 15.4. The molecule has 0 aromatic carbocycles. The van der Waals surface area contributed by atoms with Gasteiger partial charge in [0.15, 0.2) is 0 Å². The second-order valence-electron chi connectivity index (χ2n) is 7.07. The van der Waals surface area contributed by atoms with E-state index < -0.39 is 0 Å². The molecule has 2 aliphatic rings. The van der Waals surface area contributed by atoms with Crippen LogP contribution in [0.3, 0.4) is 0 Å². The fraction of sp³-hybridized carbons (Fsp3) is 0.526. The highest BCUT2D eigenvalue weighted by Gasteiger charge is 2.41. The van der Waals surface area contributed by atoms with Crippen molar-refractivity contribution < 1.29 is 14.1 Å². The van der Waals surface area contributed by atoms with Gasteiger partial charge in [-0.05, 0) is 35.7 Å². The maximum absolute atomic E-state index is 12.9. The van der Waals surface area contributed by atoms with Gasteiger partial charge in [-0.3, -0.25) is 20.6 Å². The van der Waals surface area contributed by atoms with E-state index in [0.29, 0.717) is 30.4 Å². The molecule has 0 radical (unpaired) electrons. The van der Waals surface area contributed by atoms with Gasteiger partial charge in [-0.25, -0.2) is 0 Å². The molecular weight excluding hydrogens is 346 g/mol. The number of methoxy groups -OCH3 is 1. The zero-order valence-electron chi connectivity index (χ0n) is 15.4. The van der Waals surface area contributed by atoms with E-state index in [1.54, 1.807) is 13.2 Å². The van der Waals surface area contributed by atoms with Crippen LogP contribution in [-0.2, 0) is 11.2 Å². The van der Waals surface area contributed by atoms with Crippen LogP contribution in [0.4, 0.5) is 0 Å². The third-order valence-corrected chi connectivity index (χ3v) is 5.52. The number of aromatic nitrogens is 2. The lowest BCUT2D eigenvalue weighted by Gasteiger charge is -2.32. The fourth-order valence-corrected chi connectivity index (χ4v) is 4.17. The second kappa shape index (κ2) is 8.06. The molecule has 2 aromatic heterocycles. The van der Waals surface area contributed by atoms with Crippen LogP contribution >= 0.6 is 0 Å². The highest BCUT2D eigenvalue weighted by Crippen LogP contribution is 2.31. The maximum atomic E-state index is 12.9. The van der Waals surface area contributed by atoms with Crippen LogP contribution in [0.25, 0.3) is 0 Å². The summed E-state index contributed by atoms with van der Waals surface area (Å²) in [6.45, 7) is 1.66. The van der Waals surface area contributed by atoms with E-state index >= 15 is 0 Å². The first kappa shape index (κ1) is 17.9. The number of likely N-dealkylation sites (tertiary alicyclic amines) is 1. The highest BCUT2D eigenvalue weighted by molar-refractivity contribution is 5.77. The number of hydrazine groups is 1. The molecular formula is C19H25N5O3. The summed E-state index contributed by atoms with van der Waals surface area (Å²) in [7, 11) is 1.55. The maximum Gasteiger partial charge on any atom is 0.254 e. The largest absolute Gasteiger partial charge is 0.479 e. The van der Waals surface area contributed by atoms with Crippen molar-refractivity contribution in [3.63, 3.8) is 0 Å². The molecule has 2 fully saturated rings. The molecule has 3 unspecified atom stereocenters. The lowest BCUT2D eigenvalue weighted by Crippen LogP contribution is -2.49. The molecule has 4 heterocycles. The summed E-state index contributed by atoms with van der Waals surface area (Å²) in [5, 5.41) is 3.79. The molecule has 2 saturated heterocycles. The lowest BCUT2D eigenvalue weighted by atomic mass is 9.88. The summed E-state index contributed by atoms with van der Waals surface area (Å²) >= 11 is 0. The average molecular weight is 371 g/mol. The van der Waals surface area contributed by atoms with Crippen LogP contribution in [0.2, 0.25) is 0 Å². The van der Waals surface area contributed by atoms with E-state index in [9.17, 15) is 4.79 Å². The molecule has 2 aliphatic heterocycles. The minimum atomic E-state index is 0.162. The number of aryl methyl sites for hydroxylation is 1. The number of nitrogens with one attached hydrogen (secondary N) is 2. The van der Waals surface area contributed by atoms with E-state index in [2.05, 4.69) is 33.1 Å². The normalized spacial score (nSPS) is 25.1. The van der Waals surface area contributed by atoms with E-state index in [-0.39, 0.29) is 18.0 Å². The smallest absolute Gasteiger partial charge is 0.254 e. The van der Waals surface area contributed by atoms with Crippen molar-refractivity contribution in [1.82, 2.24) is 25.9 Å². The Morgan fingerprint density at radius 3 is 3.04 bits per heavy atom. The van der Waals surface area contributed by atoms with Gasteiger partial charge in [0.05, 0.1) is 7.11 Å². The predicted molar refractivity (Wildman–Crippen MR) is 98.0 cm³/mol. The highest BCUT2D eigenvalue weighted by atomic mass is 16.5. The Morgan fingerprint density at radius 2 is 2.26 bits per heavy atom. The first-order valence-corrected chi connectivity index (χ1v) is 9.43. The third-order valence-electron chi connectivity index (χ3n) is 5.52. The first-order chi connectivity index (χ1) is 13.3. The molecule has 0 saturated carbocycles. The number of amides is 1. The van der Waals surface area contributed by atoms with Crippen molar-refractivity contribution in [3.8, 4) is 5.88 Å². The van der Waals surface area contributed by atoms with Crippen LogP contribution in [0.15, 0.2) is 35.1 Å². The molecule has 0 spiro atoms. The Bertz CT molecular complexity index is 766. The van der Waals surface area contributed by atoms with Crippen molar-refractivity contribution in [2.24, 2.45) is 0 Å². The molecule has 4 rings (SSSR count). The number of pyridine rings is 1. The number of hydrogen-bond donors (Lipinski definition) is 2. The molecule has 2 N–H and O–H groups in total. The molecule has 0 bridgehead atoms. The number of carbonyl (C=O) groups is 1.